The first-order valence-electron chi connectivity index (χ1n) is 9.75. The summed E-state index contributed by atoms with van der Waals surface area (Å²) in [6.45, 7) is 0.557. The van der Waals surface area contributed by atoms with Gasteiger partial charge in [0.15, 0.2) is 11.6 Å². The van der Waals surface area contributed by atoms with E-state index in [4.69, 9.17) is 9.47 Å². The molecule has 2 aliphatic rings. The van der Waals surface area contributed by atoms with Crippen LogP contribution in [0.2, 0.25) is 0 Å². The van der Waals surface area contributed by atoms with Gasteiger partial charge < -0.3 is 14.4 Å². The maximum atomic E-state index is 13.5. The van der Waals surface area contributed by atoms with Gasteiger partial charge in [0.25, 0.3) is 10.0 Å². The van der Waals surface area contributed by atoms with Crippen LogP contribution in [0.15, 0.2) is 51.8 Å². The molecule has 0 unspecified atom stereocenters. The highest BCUT2D eigenvalue weighted by Gasteiger charge is 2.32. The molecule has 0 bridgehead atoms. The first kappa shape index (κ1) is 20.3. The molecule has 0 saturated carbocycles. The first-order valence-corrected chi connectivity index (χ1v) is 11.2. The third-order valence-electron chi connectivity index (χ3n) is 4.99. The van der Waals surface area contributed by atoms with Crippen molar-refractivity contribution in [2.75, 3.05) is 24.7 Å². The SMILES string of the molecule is O=C(OCCOc1ccccc1F)c1ccc2c(c1)S(=O)(=O)N=C1CCCCCN12. The number of carbonyl (C=O) groups is 1. The zero-order valence-electron chi connectivity index (χ0n) is 16.2. The van der Waals surface area contributed by atoms with Gasteiger partial charge >= 0.3 is 5.97 Å². The average molecular weight is 432 g/mol. The van der Waals surface area contributed by atoms with Crippen LogP contribution in [0.5, 0.6) is 5.75 Å². The van der Waals surface area contributed by atoms with Gasteiger partial charge in [0.05, 0.1) is 11.3 Å². The molecule has 1 fully saturated rings. The maximum Gasteiger partial charge on any atom is 0.338 e. The normalized spacial score (nSPS) is 17.2. The van der Waals surface area contributed by atoms with Crippen molar-refractivity contribution >= 4 is 27.5 Å². The molecule has 30 heavy (non-hydrogen) atoms. The molecule has 0 radical (unpaired) electrons. The van der Waals surface area contributed by atoms with E-state index in [9.17, 15) is 17.6 Å². The summed E-state index contributed by atoms with van der Waals surface area (Å²) in [7, 11) is -3.88. The summed E-state index contributed by atoms with van der Waals surface area (Å²) in [6, 6.07) is 10.4. The van der Waals surface area contributed by atoms with E-state index in [1.165, 1.54) is 18.2 Å². The predicted octanol–water partition coefficient (Wildman–Crippen LogP) is 3.54. The Morgan fingerprint density at radius 3 is 2.77 bits per heavy atom. The van der Waals surface area contributed by atoms with E-state index >= 15 is 0 Å². The van der Waals surface area contributed by atoms with Crippen LogP contribution < -0.4 is 9.64 Å². The molecule has 158 valence electrons. The van der Waals surface area contributed by atoms with Crippen molar-refractivity contribution in [1.82, 2.24) is 0 Å². The fourth-order valence-corrected chi connectivity index (χ4v) is 4.82. The van der Waals surface area contributed by atoms with Gasteiger partial charge in [-0.2, -0.15) is 8.42 Å². The van der Waals surface area contributed by atoms with E-state index in [1.54, 1.807) is 24.3 Å². The van der Waals surface area contributed by atoms with Crippen molar-refractivity contribution in [3.05, 3.63) is 53.8 Å². The largest absolute Gasteiger partial charge is 0.487 e. The molecule has 0 N–H and O–H groups in total. The standard InChI is InChI=1S/C21H21FN2O5S/c22-16-6-3-4-7-18(16)28-12-13-29-21(25)15-9-10-17-19(14-15)30(26,27)23-20-8-2-1-5-11-24(17)20/h3-4,6-7,9-10,14H,1-2,5,8,11-13H2. The van der Waals surface area contributed by atoms with Gasteiger partial charge in [-0.25, -0.2) is 9.18 Å². The van der Waals surface area contributed by atoms with Crippen molar-refractivity contribution in [3.8, 4) is 5.75 Å². The van der Waals surface area contributed by atoms with Gasteiger partial charge in [-0.15, -0.1) is 4.40 Å². The van der Waals surface area contributed by atoms with E-state index < -0.39 is 21.8 Å². The topological polar surface area (TPSA) is 85.3 Å². The third kappa shape index (κ3) is 4.16. The molecule has 2 aromatic carbocycles. The molecule has 2 heterocycles. The van der Waals surface area contributed by atoms with Crippen LogP contribution in [0, 0.1) is 5.82 Å². The molecule has 0 aliphatic carbocycles. The predicted molar refractivity (Wildman–Crippen MR) is 109 cm³/mol. The molecular weight excluding hydrogens is 411 g/mol. The second kappa shape index (κ2) is 8.43. The zero-order chi connectivity index (χ0) is 21.1. The molecule has 0 amide bonds. The second-order valence-corrected chi connectivity index (χ2v) is 8.61. The van der Waals surface area contributed by atoms with Crippen LogP contribution >= 0.6 is 0 Å². The molecule has 0 spiro atoms. The Kier molecular flexibility index (Phi) is 5.72. The number of benzene rings is 2. The van der Waals surface area contributed by atoms with Gasteiger partial charge in [0, 0.05) is 13.0 Å². The number of rotatable bonds is 5. The number of para-hydroxylation sites is 1. The minimum Gasteiger partial charge on any atom is -0.487 e. The van der Waals surface area contributed by atoms with Gasteiger partial charge in [0.1, 0.15) is 23.9 Å². The van der Waals surface area contributed by atoms with Crippen LogP contribution in [-0.4, -0.2) is 40.0 Å². The summed E-state index contributed by atoms with van der Waals surface area (Å²) in [5, 5.41) is 0. The van der Waals surface area contributed by atoms with E-state index in [1.807, 2.05) is 4.90 Å². The van der Waals surface area contributed by atoms with Crippen LogP contribution in [0.4, 0.5) is 10.1 Å². The molecule has 0 aromatic heterocycles. The molecule has 7 nitrogen and oxygen atoms in total. The smallest absolute Gasteiger partial charge is 0.338 e. The summed E-state index contributed by atoms with van der Waals surface area (Å²) in [4.78, 5) is 14.3. The Hall–Kier alpha value is -2.94. The first-order chi connectivity index (χ1) is 14.5. The third-order valence-corrected chi connectivity index (χ3v) is 6.33. The Balaban J connectivity index is 1.45. The summed E-state index contributed by atoms with van der Waals surface area (Å²) in [5.41, 5.74) is 0.651. The summed E-state index contributed by atoms with van der Waals surface area (Å²) < 4.78 is 53.1. The Morgan fingerprint density at radius 2 is 1.93 bits per heavy atom. The average Bonchev–Trinajstić information content (AvgIpc) is 2.97. The molecule has 4 rings (SSSR count). The molecule has 1 saturated heterocycles. The molecule has 0 atom stereocenters. The molecule has 2 aliphatic heterocycles. The maximum absolute atomic E-state index is 13.5. The fourth-order valence-electron chi connectivity index (χ4n) is 3.54. The number of fused-ring (bicyclic) bond motifs is 3. The molecular formula is C21H21FN2O5S. The monoisotopic (exact) mass is 432 g/mol. The Morgan fingerprint density at radius 1 is 1.10 bits per heavy atom. The number of nitrogens with zero attached hydrogens (tertiary/aromatic N) is 2. The van der Waals surface area contributed by atoms with Gasteiger partial charge in [-0.3, -0.25) is 0 Å². The van der Waals surface area contributed by atoms with E-state index in [0.717, 1.165) is 19.3 Å². The quantitative estimate of drug-likeness (QED) is 0.531. The van der Waals surface area contributed by atoms with Crippen molar-refractivity contribution in [2.24, 2.45) is 4.40 Å². The Labute approximate surface area is 174 Å². The van der Waals surface area contributed by atoms with E-state index in [-0.39, 0.29) is 29.4 Å². The highest BCUT2D eigenvalue weighted by atomic mass is 32.2. The number of halogens is 1. The lowest BCUT2D eigenvalue weighted by Crippen LogP contribution is -2.35. The minimum atomic E-state index is -3.88. The van der Waals surface area contributed by atoms with Gasteiger partial charge in [-0.05, 0) is 43.2 Å². The number of amidine groups is 1. The highest BCUT2D eigenvalue weighted by molar-refractivity contribution is 7.90. The summed E-state index contributed by atoms with van der Waals surface area (Å²) >= 11 is 0. The van der Waals surface area contributed by atoms with Crippen LogP contribution in [-0.2, 0) is 14.8 Å². The number of ether oxygens (including phenoxy) is 2. The van der Waals surface area contributed by atoms with Gasteiger partial charge in [-0.1, -0.05) is 18.6 Å². The lowest BCUT2D eigenvalue weighted by Gasteiger charge is -2.29. The lowest BCUT2D eigenvalue weighted by molar-refractivity contribution is 0.0448. The number of anilines is 1. The number of hydrogen-bond acceptors (Lipinski definition) is 6. The fraction of sp³-hybridized carbons (Fsp3) is 0.333. The zero-order valence-corrected chi connectivity index (χ0v) is 17.0. The van der Waals surface area contributed by atoms with Crippen molar-refractivity contribution in [1.29, 1.82) is 0 Å². The number of hydrogen-bond donors (Lipinski definition) is 0. The summed E-state index contributed by atoms with van der Waals surface area (Å²) in [5.74, 6) is -0.562. The van der Waals surface area contributed by atoms with E-state index in [2.05, 4.69) is 4.40 Å². The van der Waals surface area contributed by atoms with Gasteiger partial charge in [0.2, 0.25) is 0 Å². The van der Waals surface area contributed by atoms with Crippen LogP contribution in [0.3, 0.4) is 0 Å². The van der Waals surface area contributed by atoms with Crippen LogP contribution in [0.25, 0.3) is 0 Å². The summed E-state index contributed by atoms with van der Waals surface area (Å²) in [6.07, 6.45) is 3.48. The molecule has 9 heteroatoms. The highest BCUT2D eigenvalue weighted by Crippen LogP contribution is 2.35. The lowest BCUT2D eigenvalue weighted by atomic mass is 10.2. The minimum absolute atomic E-state index is 0.00482. The molecule has 2 aromatic rings. The van der Waals surface area contributed by atoms with Crippen molar-refractivity contribution in [2.45, 2.75) is 30.6 Å². The number of carbonyl (C=O) groups excluding carboxylic acids is 1. The van der Waals surface area contributed by atoms with Crippen LogP contribution in [0.1, 0.15) is 36.0 Å². The Bertz CT molecular complexity index is 1100. The van der Waals surface area contributed by atoms with Crippen molar-refractivity contribution < 1.29 is 27.1 Å². The van der Waals surface area contributed by atoms with Crippen molar-refractivity contribution in [3.63, 3.8) is 0 Å². The second-order valence-electron chi connectivity index (χ2n) is 7.04. The van der Waals surface area contributed by atoms with E-state index in [0.29, 0.717) is 24.5 Å². The number of esters is 1. The number of sulfonamides is 1.